The van der Waals surface area contributed by atoms with Crippen LogP contribution < -0.4 is 0 Å². The van der Waals surface area contributed by atoms with Gasteiger partial charge in [-0.25, -0.2) is 29.9 Å². The zero-order valence-electron chi connectivity index (χ0n) is 48.2. The quantitative estimate of drug-likeness (QED) is 0.141. The summed E-state index contributed by atoms with van der Waals surface area (Å²) in [5.41, 5.74) is 15.3. The van der Waals surface area contributed by atoms with Gasteiger partial charge in [-0.15, -0.1) is 0 Å². The minimum absolute atomic E-state index is 0.576. The van der Waals surface area contributed by atoms with Gasteiger partial charge in [-0.2, -0.15) is 0 Å². The van der Waals surface area contributed by atoms with Gasteiger partial charge >= 0.3 is 0 Å². The van der Waals surface area contributed by atoms with Crippen LogP contribution in [0.2, 0.25) is 0 Å². The largest absolute Gasteiger partial charge is 0.456 e. The summed E-state index contributed by atoms with van der Waals surface area (Å²) in [7, 11) is 0. The molecule has 4 aromatic heterocycles. The van der Waals surface area contributed by atoms with Crippen LogP contribution in [0.4, 0.5) is 0 Å². The molecule has 8 heteroatoms. The van der Waals surface area contributed by atoms with Crippen molar-refractivity contribution in [1.29, 1.82) is 0 Å². The number of nitrogens with zero attached hydrogens (tertiary/aromatic N) is 6. The summed E-state index contributed by atoms with van der Waals surface area (Å²) >= 11 is 0. The lowest BCUT2D eigenvalue weighted by Crippen LogP contribution is -2.01. The van der Waals surface area contributed by atoms with Gasteiger partial charge in [0.25, 0.3) is 0 Å². The van der Waals surface area contributed by atoms with Gasteiger partial charge in [-0.1, -0.05) is 224 Å². The smallest absolute Gasteiger partial charge is 0.164 e. The maximum absolute atomic E-state index is 6.37. The first-order chi connectivity index (χ1) is 44.5. The standard InChI is InChI=1S/C82H48N6O2/c1-3-15-54-43-60(36-30-49(54)13-1)79-84-77(53-33-27-51(28-34-53)58-39-42-74-71(48-58)67-21-7-9-24-72(67)89-74)83-78(85-79)59-18-11-17-56(45-59)57-35-29-52-32-38-62(47-63(52)46-57)81-86-80(61-37-31-50-14-2-4-16-55(50)44-61)87-82(88-81)69-41-40-66(64-19-5-6-20-65(64)69)68-23-12-26-75-76(68)70-22-8-10-25-73(70)90-75/h1-48H. The second-order valence-corrected chi connectivity index (χ2v) is 23.0. The van der Waals surface area contributed by atoms with E-state index in [0.717, 1.165) is 154 Å². The highest BCUT2D eigenvalue weighted by atomic mass is 16.3. The lowest BCUT2D eigenvalue weighted by Gasteiger charge is -2.14. The van der Waals surface area contributed by atoms with Gasteiger partial charge in [0.15, 0.2) is 34.9 Å². The average molecular weight is 1150 g/mol. The van der Waals surface area contributed by atoms with Crippen LogP contribution in [0.25, 0.3) is 189 Å². The lowest BCUT2D eigenvalue weighted by molar-refractivity contribution is 0.668. The van der Waals surface area contributed by atoms with E-state index in [4.69, 9.17) is 38.7 Å². The molecule has 0 spiro atoms. The molecular formula is C82H48N6O2. The molecule has 90 heavy (non-hydrogen) atoms. The third kappa shape index (κ3) is 8.84. The Morgan fingerprint density at radius 1 is 0.178 bits per heavy atom. The Morgan fingerprint density at radius 3 is 1.23 bits per heavy atom. The van der Waals surface area contributed by atoms with Gasteiger partial charge in [0.05, 0.1) is 0 Å². The van der Waals surface area contributed by atoms with Crippen LogP contribution in [-0.4, -0.2) is 29.9 Å². The summed E-state index contributed by atoms with van der Waals surface area (Å²) in [6.45, 7) is 0. The molecule has 0 unspecified atom stereocenters. The fourth-order valence-corrected chi connectivity index (χ4v) is 13.0. The highest BCUT2D eigenvalue weighted by Crippen LogP contribution is 2.43. The third-order valence-electron chi connectivity index (χ3n) is 17.5. The molecule has 0 aliphatic rings. The van der Waals surface area contributed by atoms with E-state index in [1.165, 1.54) is 0 Å². The van der Waals surface area contributed by atoms with Crippen molar-refractivity contribution in [2.45, 2.75) is 0 Å². The Hall–Kier alpha value is -12.3. The van der Waals surface area contributed by atoms with Crippen LogP contribution in [0, 0.1) is 0 Å². The van der Waals surface area contributed by atoms with Crippen molar-refractivity contribution in [2.75, 3.05) is 0 Å². The first kappa shape index (κ1) is 51.0. The van der Waals surface area contributed by atoms with E-state index in [-0.39, 0.29) is 0 Å². The Morgan fingerprint density at radius 2 is 0.567 bits per heavy atom. The van der Waals surface area contributed by atoms with Gasteiger partial charge in [-0.3, -0.25) is 0 Å². The number of aromatic nitrogens is 6. The second kappa shape index (κ2) is 20.7. The van der Waals surface area contributed by atoms with Crippen LogP contribution in [0.15, 0.2) is 300 Å². The number of benzene rings is 14. The van der Waals surface area contributed by atoms with E-state index >= 15 is 0 Å². The lowest BCUT2D eigenvalue weighted by atomic mass is 9.92. The molecule has 18 aromatic rings. The van der Waals surface area contributed by atoms with Crippen LogP contribution in [-0.2, 0) is 0 Å². The van der Waals surface area contributed by atoms with E-state index in [2.05, 4.69) is 261 Å². The van der Waals surface area contributed by atoms with Crippen LogP contribution in [0.1, 0.15) is 0 Å². The van der Waals surface area contributed by atoms with Gasteiger partial charge in [-0.05, 0) is 143 Å². The van der Waals surface area contributed by atoms with Gasteiger partial charge in [0.1, 0.15) is 22.3 Å². The summed E-state index contributed by atoms with van der Waals surface area (Å²) in [5.74, 6) is 3.51. The SMILES string of the molecule is c1cc(-c2ccc3ccc(-c4nc(-c5ccc6ccccc6c5)nc(-c5ccc(-c6cccc7oc8ccccc8c67)c6ccccc56)n4)cc3c2)cc(-c2nc(-c3ccc(-c4ccc5oc6ccccc6c5c4)cc3)nc(-c3ccc4ccccc4c3)n2)c1. The highest BCUT2D eigenvalue weighted by Gasteiger charge is 2.21. The maximum Gasteiger partial charge on any atom is 0.164 e. The predicted octanol–water partition coefficient (Wildman–Crippen LogP) is 21.5. The Kier molecular flexibility index (Phi) is 11.7. The van der Waals surface area contributed by atoms with Crippen molar-refractivity contribution in [2.24, 2.45) is 0 Å². The molecule has 0 saturated carbocycles. The van der Waals surface area contributed by atoms with E-state index in [0.29, 0.717) is 34.9 Å². The summed E-state index contributed by atoms with van der Waals surface area (Å²) in [4.78, 5) is 31.6. The van der Waals surface area contributed by atoms with E-state index in [9.17, 15) is 0 Å². The summed E-state index contributed by atoms with van der Waals surface area (Å²) < 4.78 is 12.5. The van der Waals surface area contributed by atoms with Crippen LogP contribution >= 0.6 is 0 Å². The molecule has 0 aliphatic carbocycles. The highest BCUT2D eigenvalue weighted by molar-refractivity contribution is 6.16. The van der Waals surface area contributed by atoms with Gasteiger partial charge in [0, 0.05) is 54.9 Å². The minimum atomic E-state index is 0.576. The number of para-hydroxylation sites is 2. The van der Waals surface area contributed by atoms with E-state index in [1.807, 2.05) is 30.3 Å². The maximum atomic E-state index is 6.37. The Labute approximate surface area is 515 Å². The normalized spacial score (nSPS) is 11.8. The summed E-state index contributed by atoms with van der Waals surface area (Å²) in [5, 5.41) is 13.2. The number of fused-ring (bicyclic) bond motifs is 10. The number of furan rings is 2. The zero-order valence-corrected chi connectivity index (χ0v) is 48.2. The molecule has 418 valence electrons. The fraction of sp³-hybridized carbons (Fsp3) is 0. The summed E-state index contributed by atoms with van der Waals surface area (Å²) in [6.07, 6.45) is 0. The minimum Gasteiger partial charge on any atom is -0.456 e. The van der Waals surface area contributed by atoms with Gasteiger partial charge in [0.2, 0.25) is 0 Å². The van der Waals surface area contributed by atoms with Crippen molar-refractivity contribution in [3.8, 4) is 102 Å². The first-order valence-corrected chi connectivity index (χ1v) is 30.1. The van der Waals surface area contributed by atoms with E-state index < -0.39 is 0 Å². The molecular weight excluding hydrogens is 1100 g/mol. The molecule has 14 aromatic carbocycles. The van der Waals surface area contributed by atoms with Crippen LogP contribution in [0.3, 0.4) is 0 Å². The molecule has 8 nitrogen and oxygen atoms in total. The molecule has 0 atom stereocenters. The molecule has 0 amide bonds. The monoisotopic (exact) mass is 1150 g/mol. The van der Waals surface area contributed by atoms with Crippen LogP contribution in [0.5, 0.6) is 0 Å². The molecule has 0 bridgehead atoms. The van der Waals surface area contributed by atoms with Crippen molar-refractivity contribution in [3.63, 3.8) is 0 Å². The van der Waals surface area contributed by atoms with Crippen molar-refractivity contribution >= 4 is 87.0 Å². The Bertz CT molecular complexity index is 5950. The zero-order chi connectivity index (χ0) is 59.2. The molecule has 0 N–H and O–H groups in total. The average Bonchev–Trinajstić information content (AvgIpc) is 3.11. The topological polar surface area (TPSA) is 104 Å². The third-order valence-corrected chi connectivity index (χ3v) is 17.5. The van der Waals surface area contributed by atoms with Crippen molar-refractivity contribution < 1.29 is 8.83 Å². The molecule has 0 fully saturated rings. The van der Waals surface area contributed by atoms with Crippen molar-refractivity contribution in [1.82, 2.24) is 29.9 Å². The predicted molar refractivity (Wildman–Crippen MR) is 367 cm³/mol. The number of hydrogen-bond acceptors (Lipinski definition) is 8. The second-order valence-electron chi connectivity index (χ2n) is 23.0. The number of rotatable bonds is 9. The molecule has 0 aliphatic heterocycles. The van der Waals surface area contributed by atoms with E-state index in [1.54, 1.807) is 0 Å². The molecule has 4 heterocycles. The van der Waals surface area contributed by atoms with Crippen molar-refractivity contribution in [3.05, 3.63) is 291 Å². The number of hydrogen-bond donors (Lipinski definition) is 0. The molecule has 0 saturated heterocycles. The Balaban J connectivity index is 0.726. The molecule has 18 rings (SSSR count). The van der Waals surface area contributed by atoms with Gasteiger partial charge < -0.3 is 8.83 Å². The fourth-order valence-electron chi connectivity index (χ4n) is 13.0. The molecule has 0 radical (unpaired) electrons. The summed E-state index contributed by atoms with van der Waals surface area (Å²) in [6, 6.07) is 102. The first-order valence-electron chi connectivity index (χ1n) is 30.1.